The molecule has 0 bridgehead atoms. The molecule has 0 amide bonds. The third kappa shape index (κ3) is 3.11. The number of thiazole rings is 1. The zero-order valence-electron chi connectivity index (χ0n) is 13.5. The van der Waals surface area contributed by atoms with E-state index in [1.807, 2.05) is 19.1 Å². The van der Waals surface area contributed by atoms with Crippen molar-refractivity contribution < 1.29 is 14.7 Å². The zero-order chi connectivity index (χ0) is 17.6. The molecule has 25 heavy (non-hydrogen) atoms. The second kappa shape index (κ2) is 6.74. The molecule has 2 aromatic heterocycles. The van der Waals surface area contributed by atoms with Gasteiger partial charge in [-0.3, -0.25) is 0 Å². The first-order valence-electron chi connectivity index (χ1n) is 7.97. The number of morpholine rings is 1. The number of rotatable bonds is 3. The number of hydrogen-bond acceptors (Lipinski definition) is 5. The van der Waals surface area contributed by atoms with Gasteiger partial charge in [0.2, 0.25) is 10.8 Å². The van der Waals surface area contributed by atoms with Crippen LogP contribution in [-0.4, -0.2) is 46.0 Å². The van der Waals surface area contributed by atoms with Crippen LogP contribution < -0.4 is 4.90 Å². The fourth-order valence-corrected chi connectivity index (χ4v) is 4.72. The van der Waals surface area contributed by atoms with Gasteiger partial charge in [0.05, 0.1) is 23.3 Å². The molecule has 0 saturated carbocycles. The van der Waals surface area contributed by atoms with E-state index in [2.05, 4.69) is 10.1 Å². The Labute approximate surface area is 158 Å². The predicted molar refractivity (Wildman–Crippen MR) is 97.1 cm³/mol. The lowest BCUT2D eigenvalue weighted by Crippen LogP contribution is -3.14. The summed E-state index contributed by atoms with van der Waals surface area (Å²) in [7, 11) is 0. The van der Waals surface area contributed by atoms with E-state index in [4.69, 9.17) is 27.9 Å². The number of ether oxygens (including phenoxy) is 1. The largest absolute Gasteiger partial charge is 0.492 e. The topological polar surface area (TPSA) is 64.1 Å². The Morgan fingerprint density at radius 3 is 2.72 bits per heavy atom. The van der Waals surface area contributed by atoms with E-state index in [1.54, 1.807) is 6.07 Å². The number of aryl methyl sites for hydroxylation is 1. The smallest absolute Gasteiger partial charge is 0.235 e. The minimum atomic E-state index is -0.0764. The number of nitrogens with one attached hydrogen (secondary N) is 1. The number of halogens is 2. The van der Waals surface area contributed by atoms with Crippen LogP contribution in [0.2, 0.25) is 10.0 Å². The third-order valence-electron chi connectivity index (χ3n) is 4.39. The molecule has 0 spiro atoms. The number of fused-ring (bicyclic) bond motifs is 1. The maximum absolute atomic E-state index is 10.8. The molecule has 0 aliphatic carbocycles. The van der Waals surface area contributed by atoms with Crippen molar-refractivity contribution in [1.82, 2.24) is 14.6 Å². The Kier molecular flexibility index (Phi) is 4.59. The highest BCUT2D eigenvalue weighted by Crippen LogP contribution is 2.36. The first-order valence-corrected chi connectivity index (χ1v) is 9.54. The molecule has 3 heterocycles. The second-order valence-electron chi connectivity index (χ2n) is 6.02. The summed E-state index contributed by atoms with van der Waals surface area (Å²) >= 11 is 13.8. The van der Waals surface area contributed by atoms with Crippen LogP contribution in [0.3, 0.4) is 0 Å². The summed E-state index contributed by atoms with van der Waals surface area (Å²) in [6.45, 7) is 4.87. The SMILES string of the molecule is Cc1nc2sc([C@H](c3ccc(Cl)c(Cl)c3)[NH+]3CCOCC3)c(O)n2n1. The van der Waals surface area contributed by atoms with Gasteiger partial charge in [0.1, 0.15) is 23.8 Å². The highest BCUT2D eigenvalue weighted by atomic mass is 35.5. The van der Waals surface area contributed by atoms with Crippen LogP contribution in [-0.2, 0) is 4.74 Å². The standard InChI is InChI=1S/C16H16Cl2N4O2S/c1-9-19-16-22(20-9)15(23)14(25-16)13(21-4-6-24-7-5-21)10-2-3-11(17)12(18)8-10/h2-3,8,13,23H,4-7H2,1H3/p+1/t13-/m0/s1. The van der Waals surface area contributed by atoms with E-state index < -0.39 is 0 Å². The lowest BCUT2D eigenvalue weighted by atomic mass is 10.0. The summed E-state index contributed by atoms with van der Waals surface area (Å²) < 4.78 is 7.00. The van der Waals surface area contributed by atoms with Gasteiger partial charge in [-0.1, -0.05) is 40.6 Å². The molecular formula is C16H17Cl2N4O2S+. The summed E-state index contributed by atoms with van der Waals surface area (Å²) in [6.07, 6.45) is 0. The van der Waals surface area contributed by atoms with Crippen molar-refractivity contribution in [1.29, 1.82) is 0 Å². The van der Waals surface area contributed by atoms with Crippen LogP contribution in [0.5, 0.6) is 5.88 Å². The Balaban J connectivity index is 1.84. The molecule has 132 valence electrons. The number of benzene rings is 1. The molecule has 2 N–H and O–H groups in total. The quantitative estimate of drug-likeness (QED) is 0.707. The molecule has 1 aliphatic heterocycles. The van der Waals surface area contributed by atoms with Crippen molar-refractivity contribution >= 4 is 39.5 Å². The minimum Gasteiger partial charge on any atom is -0.492 e. The normalized spacial score (nSPS) is 17.2. The van der Waals surface area contributed by atoms with Crippen molar-refractivity contribution in [3.63, 3.8) is 0 Å². The van der Waals surface area contributed by atoms with E-state index in [0.717, 1.165) is 23.5 Å². The third-order valence-corrected chi connectivity index (χ3v) is 6.21. The van der Waals surface area contributed by atoms with Crippen molar-refractivity contribution in [3.8, 4) is 5.88 Å². The highest BCUT2D eigenvalue weighted by molar-refractivity contribution is 7.17. The van der Waals surface area contributed by atoms with E-state index in [-0.39, 0.29) is 11.9 Å². The average Bonchev–Trinajstić information content (AvgIpc) is 3.10. The van der Waals surface area contributed by atoms with Gasteiger partial charge in [-0.15, -0.1) is 5.10 Å². The van der Waals surface area contributed by atoms with Gasteiger partial charge < -0.3 is 14.7 Å². The van der Waals surface area contributed by atoms with Crippen LogP contribution in [0.4, 0.5) is 0 Å². The fraction of sp³-hybridized carbons (Fsp3) is 0.375. The average molecular weight is 400 g/mol. The maximum Gasteiger partial charge on any atom is 0.235 e. The molecule has 3 aromatic rings. The Morgan fingerprint density at radius 1 is 1.28 bits per heavy atom. The van der Waals surface area contributed by atoms with Gasteiger partial charge in [0.25, 0.3) is 0 Å². The summed E-state index contributed by atoms with van der Waals surface area (Å²) in [6, 6.07) is 5.55. The molecule has 4 rings (SSSR count). The minimum absolute atomic E-state index is 0.0764. The number of aromatic nitrogens is 3. The predicted octanol–water partition coefficient (Wildman–Crippen LogP) is 2.12. The van der Waals surface area contributed by atoms with Crippen molar-refractivity contribution in [2.45, 2.75) is 13.0 Å². The maximum atomic E-state index is 10.8. The van der Waals surface area contributed by atoms with Crippen LogP contribution in [0.1, 0.15) is 22.3 Å². The Morgan fingerprint density at radius 2 is 2.04 bits per heavy atom. The fourth-order valence-electron chi connectivity index (χ4n) is 3.22. The van der Waals surface area contributed by atoms with E-state index in [0.29, 0.717) is 34.0 Å². The van der Waals surface area contributed by atoms with Crippen LogP contribution in [0.25, 0.3) is 4.96 Å². The molecule has 0 radical (unpaired) electrons. The molecule has 1 aromatic carbocycles. The van der Waals surface area contributed by atoms with Crippen LogP contribution in [0.15, 0.2) is 18.2 Å². The number of nitrogens with zero attached hydrogens (tertiary/aromatic N) is 3. The summed E-state index contributed by atoms with van der Waals surface area (Å²) in [5.41, 5.74) is 1.00. The van der Waals surface area contributed by atoms with Gasteiger partial charge >= 0.3 is 0 Å². The summed E-state index contributed by atoms with van der Waals surface area (Å²) in [4.78, 5) is 7.19. The van der Waals surface area contributed by atoms with Crippen molar-refractivity contribution in [2.75, 3.05) is 26.3 Å². The number of quaternary nitrogens is 1. The lowest BCUT2D eigenvalue weighted by Gasteiger charge is -2.31. The molecule has 1 saturated heterocycles. The van der Waals surface area contributed by atoms with Gasteiger partial charge in [-0.25, -0.2) is 4.98 Å². The first kappa shape index (κ1) is 17.1. The van der Waals surface area contributed by atoms with Crippen molar-refractivity contribution in [3.05, 3.63) is 44.5 Å². The first-order chi connectivity index (χ1) is 12.0. The lowest BCUT2D eigenvalue weighted by molar-refractivity contribution is -0.932. The van der Waals surface area contributed by atoms with E-state index >= 15 is 0 Å². The van der Waals surface area contributed by atoms with Gasteiger partial charge in [0, 0.05) is 5.56 Å². The zero-order valence-corrected chi connectivity index (χ0v) is 15.8. The monoisotopic (exact) mass is 399 g/mol. The Bertz CT molecular complexity index is 920. The molecule has 1 aliphatic rings. The summed E-state index contributed by atoms with van der Waals surface area (Å²) in [5.74, 6) is 0.772. The van der Waals surface area contributed by atoms with Gasteiger partial charge in [-0.2, -0.15) is 4.52 Å². The van der Waals surface area contributed by atoms with E-state index in [9.17, 15) is 5.11 Å². The van der Waals surface area contributed by atoms with Crippen molar-refractivity contribution in [2.24, 2.45) is 0 Å². The van der Waals surface area contributed by atoms with Crippen LogP contribution in [0, 0.1) is 6.92 Å². The van der Waals surface area contributed by atoms with Gasteiger partial charge in [-0.05, 0) is 19.1 Å². The summed E-state index contributed by atoms with van der Waals surface area (Å²) in [5, 5.41) is 16.1. The molecule has 0 unspecified atom stereocenters. The second-order valence-corrected chi connectivity index (χ2v) is 7.84. The molecular weight excluding hydrogens is 383 g/mol. The number of hydrogen-bond donors (Lipinski definition) is 2. The molecule has 6 nitrogen and oxygen atoms in total. The Hall–Kier alpha value is -1.38. The molecule has 1 atom stereocenters. The molecule has 1 fully saturated rings. The van der Waals surface area contributed by atoms with E-state index in [1.165, 1.54) is 20.8 Å². The molecule has 9 heteroatoms. The van der Waals surface area contributed by atoms with Gasteiger partial charge in [0.15, 0.2) is 6.04 Å². The van der Waals surface area contributed by atoms with Crippen LogP contribution >= 0.6 is 34.5 Å². The highest BCUT2D eigenvalue weighted by Gasteiger charge is 2.34. The number of aromatic hydroxyl groups is 1.